The van der Waals surface area contributed by atoms with Crippen LogP contribution in [0, 0.1) is 0 Å². The zero-order valence-electron chi connectivity index (χ0n) is 10.7. The molecule has 2 N–H and O–H groups in total. The summed E-state index contributed by atoms with van der Waals surface area (Å²) in [5.41, 5.74) is 2.05. The summed E-state index contributed by atoms with van der Waals surface area (Å²) in [5.74, 6) is 0. The number of pyridine rings is 1. The Kier molecular flexibility index (Phi) is 3.00. The van der Waals surface area contributed by atoms with E-state index in [-0.39, 0.29) is 11.2 Å². The lowest BCUT2D eigenvalue weighted by molar-refractivity contribution is 0.925. The largest absolute Gasteiger partial charge is 0.349 e. The highest BCUT2D eigenvalue weighted by atomic mass is 16.1. The number of H-pyrrole nitrogens is 2. The molecule has 0 unspecified atom stereocenters. The maximum atomic E-state index is 11.8. The second-order valence-corrected chi connectivity index (χ2v) is 4.21. The predicted octanol–water partition coefficient (Wildman–Crippen LogP) is 2.52. The van der Waals surface area contributed by atoms with Crippen LogP contribution in [0.3, 0.4) is 0 Å². The quantitative estimate of drug-likeness (QED) is 0.714. The molecule has 0 radical (unpaired) electrons. The van der Waals surface area contributed by atoms with Gasteiger partial charge in [0, 0.05) is 25.6 Å². The number of hydrogen-bond donors (Lipinski definition) is 2. The zero-order valence-corrected chi connectivity index (χ0v) is 10.7. The van der Waals surface area contributed by atoms with E-state index >= 15 is 0 Å². The summed E-state index contributed by atoms with van der Waals surface area (Å²) in [4.78, 5) is 15.7. The number of rotatable bonds is 3. The first kappa shape index (κ1) is 12.1. The molecule has 0 aromatic carbocycles. The molecule has 7 nitrogen and oxygen atoms in total. The van der Waals surface area contributed by atoms with Gasteiger partial charge in [-0.3, -0.25) is 20.0 Å². The Morgan fingerprint density at radius 2 is 1.95 bits per heavy atom. The van der Waals surface area contributed by atoms with Crippen molar-refractivity contribution in [3.63, 3.8) is 0 Å². The topological polar surface area (TPSA) is 91.2 Å². The van der Waals surface area contributed by atoms with Crippen LogP contribution in [0.15, 0.2) is 57.9 Å². The van der Waals surface area contributed by atoms with Crippen molar-refractivity contribution >= 4 is 11.4 Å². The van der Waals surface area contributed by atoms with Crippen molar-refractivity contribution in [1.82, 2.24) is 19.7 Å². The summed E-state index contributed by atoms with van der Waals surface area (Å²) in [6.45, 7) is 0. The van der Waals surface area contributed by atoms with Crippen molar-refractivity contribution in [3.8, 4) is 11.4 Å². The third kappa shape index (κ3) is 2.16. The molecule has 0 aliphatic carbocycles. The molecule has 100 valence electrons. The van der Waals surface area contributed by atoms with E-state index in [1.807, 2.05) is 29.9 Å². The van der Waals surface area contributed by atoms with Gasteiger partial charge in [-0.05, 0) is 24.3 Å². The van der Waals surface area contributed by atoms with Crippen LogP contribution in [0.2, 0.25) is 0 Å². The van der Waals surface area contributed by atoms with Gasteiger partial charge in [-0.1, -0.05) is 0 Å². The summed E-state index contributed by atoms with van der Waals surface area (Å²) in [6, 6.07) is 7.22. The lowest BCUT2D eigenvalue weighted by Crippen LogP contribution is -1.96. The van der Waals surface area contributed by atoms with Crippen LogP contribution in [0.5, 0.6) is 0 Å². The second-order valence-electron chi connectivity index (χ2n) is 4.21. The molecule has 0 bridgehead atoms. The van der Waals surface area contributed by atoms with Crippen molar-refractivity contribution in [2.45, 2.75) is 0 Å². The van der Waals surface area contributed by atoms with E-state index in [9.17, 15) is 4.79 Å². The van der Waals surface area contributed by atoms with Crippen molar-refractivity contribution in [1.29, 1.82) is 0 Å². The molecule has 0 amide bonds. The standard InChI is InChI=1S/C13H12N6O/c1-19-8-2-3-10(19)11-12(13(20)18-16-11)17-15-9-4-6-14-7-5-9/h2-8H,1H3,(H2,16,18,20). The minimum Gasteiger partial charge on any atom is -0.349 e. The number of aromatic amines is 2. The molecule has 3 rings (SSSR count). The van der Waals surface area contributed by atoms with E-state index in [2.05, 4.69) is 25.4 Å². The molecule has 0 aliphatic rings. The number of azo groups is 1. The van der Waals surface area contributed by atoms with Crippen molar-refractivity contribution in [3.05, 3.63) is 53.2 Å². The monoisotopic (exact) mass is 268 g/mol. The van der Waals surface area contributed by atoms with E-state index in [1.165, 1.54) is 0 Å². The van der Waals surface area contributed by atoms with Crippen LogP contribution in [-0.4, -0.2) is 19.7 Å². The predicted molar refractivity (Wildman–Crippen MR) is 74.2 cm³/mol. The highest BCUT2D eigenvalue weighted by Crippen LogP contribution is 2.26. The van der Waals surface area contributed by atoms with Crippen LogP contribution in [0.25, 0.3) is 11.4 Å². The van der Waals surface area contributed by atoms with Crippen LogP contribution in [0.1, 0.15) is 0 Å². The highest BCUT2D eigenvalue weighted by molar-refractivity contribution is 5.68. The first-order chi connectivity index (χ1) is 9.75. The summed E-state index contributed by atoms with van der Waals surface area (Å²) >= 11 is 0. The molecule has 0 fully saturated rings. The van der Waals surface area contributed by atoms with Crippen molar-refractivity contribution in [2.24, 2.45) is 17.3 Å². The van der Waals surface area contributed by atoms with E-state index in [0.29, 0.717) is 11.4 Å². The summed E-state index contributed by atoms with van der Waals surface area (Å²) in [5, 5.41) is 13.4. The maximum Gasteiger partial charge on any atom is 0.292 e. The molecule has 3 aromatic rings. The molecule has 0 aliphatic heterocycles. The van der Waals surface area contributed by atoms with Crippen LogP contribution >= 0.6 is 0 Å². The van der Waals surface area contributed by atoms with Gasteiger partial charge in [-0.15, -0.1) is 5.11 Å². The number of aryl methyl sites for hydroxylation is 1. The minimum absolute atomic E-state index is 0.253. The number of nitrogens with zero attached hydrogens (tertiary/aromatic N) is 4. The van der Waals surface area contributed by atoms with Crippen LogP contribution < -0.4 is 5.56 Å². The minimum atomic E-state index is -0.306. The van der Waals surface area contributed by atoms with Gasteiger partial charge in [-0.25, -0.2) is 0 Å². The van der Waals surface area contributed by atoms with Gasteiger partial charge < -0.3 is 4.57 Å². The normalized spacial score (nSPS) is 11.2. The average Bonchev–Trinajstić information content (AvgIpc) is 3.04. The lowest BCUT2D eigenvalue weighted by Gasteiger charge is -2.00. The Bertz CT molecular complexity index is 796. The van der Waals surface area contributed by atoms with Crippen LogP contribution in [-0.2, 0) is 7.05 Å². The Hall–Kier alpha value is -2.96. The molecule has 3 heterocycles. The Morgan fingerprint density at radius 3 is 2.65 bits per heavy atom. The third-order valence-electron chi connectivity index (χ3n) is 2.88. The number of nitrogens with one attached hydrogen (secondary N) is 2. The van der Waals surface area contributed by atoms with Gasteiger partial charge in [0.05, 0.1) is 11.4 Å². The fourth-order valence-corrected chi connectivity index (χ4v) is 1.87. The third-order valence-corrected chi connectivity index (χ3v) is 2.88. The SMILES string of the molecule is Cn1cccc1-c1[nH][nH]c(=O)c1N=Nc1ccncc1. The smallest absolute Gasteiger partial charge is 0.292 e. The molecule has 3 aromatic heterocycles. The van der Waals surface area contributed by atoms with Crippen molar-refractivity contribution < 1.29 is 0 Å². The van der Waals surface area contributed by atoms with Gasteiger partial charge in [0.15, 0.2) is 5.69 Å². The molecule has 0 spiro atoms. The summed E-state index contributed by atoms with van der Waals surface area (Å²) < 4.78 is 1.89. The Balaban J connectivity index is 2.03. The molecular formula is C13H12N6O. The van der Waals surface area contributed by atoms with Crippen LogP contribution in [0.4, 0.5) is 11.4 Å². The molecular weight excluding hydrogens is 256 g/mol. The first-order valence-electron chi connectivity index (χ1n) is 6.00. The summed E-state index contributed by atoms with van der Waals surface area (Å²) in [6.07, 6.45) is 5.13. The van der Waals surface area contributed by atoms with E-state index in [4.69, 9.17) is 0 Å². The molecule has 7 heteroatoms. The van der Waals surface area contributed by atoms with Crippen molar-refractivity contribution in [2.75, 3.05) is 0 Å². The fraction of sp³-hybridized carbons (Fsp3) is 0.0769. The van der Waals surface area contributed by atoms with E-state index in [0.717, 1.165) is 5.69 Å². The summed E-state index contributed by atoms with van der Waals surface area (Å²) in [7, 11) is 1.89. The molecule has 0 atom stereocenters. The van der Waals surface area contributed by atoms with Gasteiger partial charge in [-0.2, -0.15) is 5.11 Å². The molecule has 0 saturated carbocycles. The Labute approximate surface area is 114 Å². The van der Waals surface area contributed by atoms with Gasteiger partial charge in [0.25, 0.3) is 5.56 Å². The second kappa shape index (κ2) is 4.96. The zero-order chi connectivity index (χ0) is 13.9. The highest BCUT2D eigenvalue weighted by Gasteiger charge is 2.13. The van der Waals surface area contributed by atoms with Gasteiger partial charge in [0.1, 0.15) is 5.69 Å². The number of hydrogen-bond acceptors (Lipinski definition) is 4. The molecule has 20 heavy (non-hydrogen) atoms. The number of aromatic nitrogens is 4. The average molecular weight is 268 g/mol. The van der Waals surface area contributed by atoms with E-state index < -0.39 is 0 Å². The molecule has 0 saturated heterocycles. The first-order valence-corrected chi connectivity index (χ1v) is 6.00. The maximum absolute atomic E-state index is 11.8. The van der Waals surface area contributed by atoms with Gasteiger partial charge in [0.2, 0.25) is 0 Å². The van der Waals surface area contributed by atoms with Gasteiger partial charge >= 0.3 is 0 Å². The Morgan fingerprint density at radius 1 is 1.15 bits per heavy atom. The van der Waals surface area contributed by atoms with E-state index in [1.54, 1.807) is 24.5 Å². The fourth-order valence-electron chi connectivity index (χ4n) is 1.87. The lowest BCUT2D eigenvalue weighted by atomic mass is 10.3.